The van der Waals surface area contributed by atoms with E-state index in [2.05, 4.69) is 12.2 Å². The van der Waals surface area contributed by atoms with Crippen molar-refractivity contribution in [3.8, 4) is 5.75 Å². The van der Waals surface area contributed by atoms with Crippen LogP contribution in [0.3, 0.4) is 0 Å². The van der Waals surface area contributed by atoms with Crippen molar-refractivity contribution in [2.45, 2.75) is 51.3 Å². The van der Waals surface area contributed by atoms with E-state index in [1.54, 1.807) is 7.11 Å². The lowest BCUT2D eigenvalue weighted by atomic mass is 10.1. The van der Waals surface area contributed by atoms with Crippen LogP contribution in [0.25, 0.3) is 0 Å². The van der Waals surface area contributed by atoms with Crippen LogP contribution in [0.2, 0.25) is 0 Å². The van der Waals surface area contributed by atoms with Crippen LogP contribution in [-0.4, -0.2) is 43.3 Å². The fourth-order valence-corrected chi connectivity index (χ4v) is 3.27. The van der Waals surface area contributed by atoms with Gasteiger partial charge in [0.05, 0.1) is 13.2 Å². The summed E-state index contributed by atoms with van der Waals surface area (Å²) in [7, 11) is 1.66. The lowest BCUT2D eigenvalue weighted by Gasteiger charge is -2.30. The second-order valence-electron chi connectivity index (χ2n) is 6.88. The summed E-state index contributed by atoms with van der Waals surface area (Å²) in [6.07, 6.45) is 4.75. The zero-order valence-corrected chi connectivity index (χ0v) is 14.7. The van der Waals surface area contributed by atoms with Gasteiger partial charge in [0.25, 0.3) is 0 Å². The van der Waals surface area contributed by atoms with Crippen molar-refractivity contribution in [3.05, 3.63) is 29.8 Å². The zero-order chi connectivity index (χ0) is 16.9. The predicted molar refractivity (Wildman–Crippen MR) is 93.1 cm³/mol. The third kappa shape index (κ3) is 4.41. The van der Waals surface area contributed by atoms with E-state index in [1.807, 2.05) is 29.2 Å². The number of amides is 2. The minimum Gasteiger partial charge on any atom is -0.497 e. The van der Waals surface area contributed by atoms with Gasteiger partial charge in [-0.2, -0.15) is 0 Å². The second-order valence-corrected chi connectivity index (χ2v) is 6.88. The van der Waals surface area contributed by atoms with Gasteiger partial charge in [-0.05, 0) is 56.2 Å². The van der Waals surface area contributed by atoms with Crippen molar-refractivity contribution < 1.29 is 14.3 Å². The minimum atomic E-state index is 0.0146. The second kappa shape index (κ2) is 7.88. The van der Waals surface area contributed by atoms with Gasteiger partial charge in [-0.1, -0.05) is 12.1 Å². The minimum absolute atomic E-state index is 0.0146. The lowest BCUT2D eigenvalue weighted by Crippen LogP contribution is -2.47. The number of nitrogens with one attached hydrogen (secondary N) is 1. The zero-order valence-electron chi connectivity index (χ0n) is 14.7. The van der Waals surface area contributed by atoms with E-state index in [0.29, 0.717) is 19.0 Å². The molecule has 1 N–H and O–H groups in total. The molecule has 132 valence electrons. The van der Waals surface area contributed by atoms with Crippen LogP contribution in [0.15, 0.2) is 24.3 Å². The molecule has 1 heterocycles. The Morgan fingerprint density at radius 1 is 1.33 bits per heavy atom. The van der Waals surface area contributed by atoms with Crippen LogP contribution in [0, 0.1) is 5.92 Å². The highest BCUT2D eigenvalue weighted by molar-refractivity contribution is 5.74. The highest BCUT2D eigenvalue weighted by Gasteiger charge is 2.34. The maximum absolute atomic E-state index is 12.7. The van der Waals surface area contributed by atoms with E-state index < -0.39 is 0 Å². The van der Waals surface area contributed by atoms with Crippen molar-refractivity contribution in [2.75, 3.05) is 20.3 Å². The number of carbonyl (C=O) groups is 1. The van der Waals surface area contributed by atoms with Gasteiger partial charge in [0.1, 0.15) is 5.75 Å². The Morgan fingerprint density at radius 2 is 2.08 bits per heavy atom. The molecule has 1 aliphatic carbocycles. The van der Waals surface area contributed by atoms with E-state index in [9.17, 15) is 4.79 Å². The molecule has 1 aliphatic heterocycles. The quantitative estimate of drug-likeness (QED) is 0.834. The Bertz CT molecular complexity index is 536. The van der Waals surface area contributed by atoms with Crippen molar-refractivity contribution in [3.63, 3.8) is 0 Å². The summed E-state index contributed by atoms with van der Waals surface area (Å²) in [5, 5.41) is 3.07. The van der Waals surface area contributed by atoms with Gasteiger partial charge in [0.2, 0.25) is 0 Å². The average Bonchev–Trinajstić information content (AvgIpc) is 3.33. The molecule has 1 saturated carbocycles. The van der Waals surface area contributed by atoms with Crippen LogP contribution in [-0.2, 0) is 11.3 Å². The van der Waals surface area contributed by atoms with Crippen LogP contribution in [0.5, 0.6) is 5.75 Å². The van der Waals surface area contributed by atoms with Crippen LogP contribution >= 0.6 is 0 Å². The normalized spacial score (nSPS) is 21.3. The molecule has 1 aromatic rings. The highest BCUT2D eigenvalue weighted by atomic mass is 16.5. The van der Waals surface area contributed by atoms with Crippen molar-refractivity contribution >= 4 is 6.03 Å². The molecule has 0 unspecified atom stereocenters. The molecule has 2 fully saturated rings. The largest absolute Gasteiger partial charge is 0.497 e. The highest BCUT2D eigenvalue weighted by Crippen LogP contribution is 2.35. The summed E-state index contributed by atoms with van der Waals surface area (Å²) in [4.78, 5) is 14.7. The molecule has 1 saturated heterocycles. The SMILES string of the molecule is COc1ccc(CN(C(=O)NC[C@@H]2CCCO2)[C@@H](C)C2CC2)cc1. The smallest absolute Gasteiger partial charge is 0.318 e. The topological polar surface area (TPSA) is 50.8 Å². The van der Waals surface area contributed by atoms with E-state index in [1.165, 1.54) is 12.8 Å². The molecule has 2 amide bonds. The Balaban J connectivity index is 1.61. The first kappa shape index (κ1) is 17.1. The molecule has 24 heavy (non-hydrogen) atoms. The van der Waals surface area contributed by atoms with E-state index >= 15 is 0 Å². The van der Waals surface area contributed by atoms with Gasteiger partial charge in [-0.3, -0.25) is 0 Å². The summed E-state index contributed by atoms with van der Waals surface area (Å²) in [5.74, 6) is 1.47. The van der Waals surface area contributed by atoms with Crippen molar-refractivity contribution in [1.29, 1.82) is 0 Å². The molecule has 0 bridgehead atoms. The summed E-state index contributed by atoms with van der Waals surface area (Å²) < 4.78 is 10.8. The third-order valence-electron chi connectivity index (χ3n) is 5.07. The van der Waals surface area contributed by atoms with Gasteiger partial charge in [-0.15, -0.1) is 0 Å². The molecule has 2 aliphatic rings. The van der Waals surface area contributed by atoms with Gasteiger partial charge in [0, 0.05) is 25.7 Å². The summed E-state index contributed by atoms with van der Waals surface area (Å²) in [5.41, 5.74) is 1.12. The molecule has 0 aromatic heterocycles. The predicted octanol–water partition coefficient (Wildman–Crippen LogP) is 3.18. The Kier molecular flexibility index (Phi) is 5.61. The number of ether oxygens (including phenoxy) is 2. The van der Waals surface area contributed by atoms with Crippen LogP contribution in [0.1, 0.15) is 38.2 Å². The molecule has 1 aromatic carbocycles. The fraction of sp³-hybridized carbons (Fsp3) is 0.632. The van der Waals surface area contributed by atoms with E-state index in [-0.39, 0.29) is 18.2 Å². The monoisotopic (exact) mass is 332 g/mol. The molecular weight excluding hydrogens is 304 g/mol. The number of rotatable bonds is 7. The van der Waals surface area contributed by atoms with Crippen molar-refractivity contribution in [2.24, 2.45) is 5.92 Å². The number of nitrogens with zero attached hydrogens (tertiary/aromatic N) is 1. The number of urea groups is 1. The Morgan fingerprint density at radius 3 is 2.67 bits per heavy atom. The average molecular weight is 332 g/mol. The van der Waals surface area contributed by atoms with Gasteiger partial charge in [-0.25, -0.2) is 4.79 Å². The maximum Gasteiger partial charge on any atom is 0.318 e. The van der Waals surface area contributed by atoms with E-state index in [0.717, 1.165) is 30.8 Å². The lowest BCUT2D eigenvalue weighted by molar-refractivity contribution is 0.106. The first-order valence-corrected chi connectivity index (χ1v) is 8.96. The van der Waals surface area contributed by atoms with Crippen LogP contribution < -0.4 is 10.1 Å². The number of methoxy groups -OCH3 is 1. The Labute approximate surface area is 144 Å². The van der Waals surface area contributed by atoms with Gasteiger partial charge < -0.3 is 19.7 Å². The standard InChI is InChI=1S/C19H28N2O3/c1-14(16-7-8-16)21(13-15-5-9-17(23-2)10-6-15)19(22)20-12-18-4-3-11-24-18/h5-6,9-10,14,16,18H,3-4,7-8,11-13H2,1-2H3,(H,20,22)/t14-,18-/m0/s1. The molecule has 3 rings (SSSR count). The van der Waals surface area contributed by atoms with Gasteiger partial charge >= 0.3 is 6.03 Å². The summed E-state index contributed by atoms with van der Waals surface area (Å²) in [6.45, 7) is 4.20. The van der Waals surface area contributed by atoms with Gasteiger partial charge in [0.15, 0.2) is 0 Å². The molecule has 5 heteroatoms. The maximum atomic E-state index is 12.7. The molecule has 0 spiro atoms. The number of carbonyl (C=O) groups excluding carboxylic acids is 1. The number of hydrogen-bond acceptors (Lipinski definition) is 3. The first-order chi connectivity index (χ1) is 11.7. The van der Waals surface area contributed by atoms with E-state index in [4.69, 9.17) is 9.47 Å². The molecule has 0 radical (unpaired) electrons. The van der Waals surface area contributed by atoms with Crippen LogP contribution in [0.4, 0.5) is 4.79 Å². The summed E-state index contributed by atoms with van der Waals surface area (Å²) >= 11 is 0. The third-order valence-corrected chi connectivity index (χ3v) is 5.07. The summed E-state index contributed by atoms with van der Waals surface area (Å²) in [6, 6.07) is 8.22. The first-order valence-electron chi connectivity index (χ1n) is 8.96. The molecular formula is C19H28N2O3. The number of benzene rings is 1. The molecule has 5 nitrogen and oxygen atoms in total. The Hall–Kier alpha value is -1.75. The fourth-order valence-electron chi connectivity index (χ4n) is 3.27. The number of hydrogen-bond donors (Lipinski definition) is 1. The van der Waals surface area contributed by atoms with Crippen molar-refractivity contribution in [1.82, 2.24) is 10.2 Å². The molecule has 2 atom stereocenters.